The van der Waals surface area contributed by atoms with Gasteiger partial charge in [0, 0.05) is 30.1 Å². The van der Waals surface area contributed by atoms with Crippen LogP contribution in [-0.4, -0.2) is 18.8 Å². The van der Waals surface area contributed by atoms with E-state index in [-0.39, 0.29) is 5.92 Å². The normalized spacial score (nSPS) is 12.4. The van der Waals surface area contributed by atoms with Gasteiger partial charge in [0.1, 0.15) is 11.5 Å². The molecule has 29 heavy (non-hydrogen) atoms. The van der Waals surface area contributed by atoms with Crippen molar-refractivity contribution < 1.29 is 9.47 Å². The molecule has 4 aromatic rings. The Morgan fingerprint density at radius 3 is 2.07 bits per heavy atom. The zero-order chi connectivity index (χ0) is 20.2. The molecule has 3 heteroatoms. The molecule has 0 N–H and O–H groups in total. The van der Waals surface area contributed by atoms with Gasteiger partial charge in [-0.2, -0.15) is 0 Å². The Bertz CT molecular complexity index is 1120. The molecule has 0 aliphatic rings. The number of fused-ring (bicyclic) bond motifs is 1. The summed E-state index contributed by atoms with van der Waals surface area (Å²) in [5, 5.41) is 1.27. The largest absolute Gasteiger partial charge is 0.497 e. The van der Waals surface area contributed by atoms with E-state index in [4.69, 9.17) is 9.47 Å². The highest BCUT2D eigenvalue weighted by atomic mass is 16.5. The van der Waals surface area contributed by atoms with Crippen LogP contribution in [0.15, 0.2) is 85.1 Å². The number of hydrogen-bond acceptors (Lipinski definition) is 2. The SMILES string of the molecule is COc1ccc(/C=C/C(c2ccc(OC)cc2)c2cn(C)c3ccccc23)cc1. The van der Waals surface area contributed by atoms with Crippen LogP contribution in [-0.2, 0) is 7.05 Å². The first-order valence-corrected chi connectivity index (χ1v) is 9.70. The number of aryl methyl sites for hydroxylation is 1. The molecule has 1 unspecified atom stereocenters. The Hall–Kier alpha value is -3.46. The lowest BCUT2D eigenvalue weighted by molar-refractivity contribution is 0.414. The van der Waals surface area contributed by atoms with Crippen molar-refractivity contribution in [2.45, 2.75) is 5.92 Å². The standard InChI is InChI=1S/C26H25NO2/c1-27-18-25(24-6-4-5-7-26(24)27)23(20-11-15-22(29-3)16-12-20)17-10-19-8-13-21(28-2)14-9-19/h4-18,23H,1-3H3/b17-10+. The van der Waals surface area contributed by atoms with Crippen molar-refractivity contribution in [3.05, 3.63) is 102 Å². The van der Waals surface area contributed by atoms with Crippen molar-refractivity contribution in [2.24, 2.45) is 7.05 Å². The Morgan fingerprint density at radius 1 is 0.793 bits per heavy atom. The van der Waals surface area contributed by atoms with Crippen molar-refractivity contribution in [1.29, 1.82) is 0 Å². The maximum atomic E-state index is 5.35. The number of hydrogen-bond donors (Lipinski definition) is 0. The summed E-state index contributed by atoms with van der Waals surface area (Å²) in [4.78, 5) is 0. The number of methoxy groups -OCH3 is 2. The van der Waals surface area contributed by atoms with E-state index in [1.807, 2.05) is 24.3 Å². The molecule has 0 saturated carbocycles. The van der Waals surface area contributed by atoms with Gasteiger partial charge in [0.05, 0.1) is 14.2 Å². The molecule has 1 heterocycles. The van der Waals surface area contributed by atoms with Crippen LogP contribution in [0.2, 0.25) is 0 Å². The van der Waals surface area contributed by atoms with E-state index >= 15 is 0 Å². The molecule has 3 nitrogen and oxygen atoms in total. The van der Waals surface area contributed by atoms with Crippen LogP contribution < -0.4 is 9.47 Å². The molecule has 0 amide bonds. The summed E-state index contributed by atoms with van der Waals surface area (Å²) >= 11 is 0. The van der Waals surface area contributed by atoms with Crippen molar-refractivity contribution in [3.8, 4) is 11.5 Å². The first kappa shape index (κ1) is 18.9. The zero-order valence-corrected chi connectivity index (χ0v) is 17.0. The van der Waals surface area contributed by atoms with E-state index < -0.39 is 0 Å². The fourth-order valence-electron chi connectivity index (χ4n) is 3.75. The molecule has 0 saturated heterocycles. The quantitative estimate of drug-likeness (QED) is 0.405. The van der Waals surface area contributed by atoms with Gasteiger partial charge in [-0.15, -0.1) is 0 Å². The Balaban J connectivity index is 1.78. The third-order valence-corrected chi connectivity index (χ3v) is 5.33. The molecule has 146 valence electrons. The highest BCUT2D eigenvalue weighted by Crippen LogP contribution is 2.34. The molecular weight excluding hydrogens is 358 g/mol. The third-order valence-electron chi connectivity index (χ3n) is 5.33. The van der Waals surface area contributed by atoms with Gasteiger partial charge in [-0.25, -0.2) is 0 Å². The minimum absolute atomic E-state index is 0.133. The number of rotatable bonds is 6. The van der Waals surface area contributed by atoms with Crippen molar-refractivity contribution >= 4 is 17.0 Å². The lowest BCUT2D eigenvalue weighted by atomic mass is 9.90. The summed E-state index contributed by atoms with van der Waals surface area (Å²) < 4.78 is 12.8. The average Bonchev–Trinajstić information content (AvgIpc) is 3.11. The smallest absolute Gasteiger partial charge is 0.118 e. The van der Waals surface area contributed by atoms with Crippen LogP contribution in [0.4, 0.5) is 0 Å². The average molecular weight is 383 g/mol. The predicted molar refractivity (Wildman–Crippen MR) is 120 cm³/mol. The maximum Gasteiger partial charge on any atom is 0.118 e. The summed E-state index contributed by atoms with van der Waals surface area (Å²) in [6.45, 7) is 0. The number of aromatic nitrogens is 1. The van der Waals surface area contributed by atoms with Gasteiger partial charge in [0.15, 0.2) is 0 Å². The lowest BCUT2D eigenvalue weighted by Gasteiger charge is -2.14. The first-order chi connectivity index (χ1) is 14.2. The summed E-state index contributed by atoms with van der Waals surface area (Å²) in [7, 11) is 5.48. The lowest BCUT2D eigenvalue weighted by Crippen LogP contribution is -1.98. The molecule has 0 radical (unpaired) electrons. The number of benzene rings is 3. The summed E-state index contributed by atoms with van der Waals surface area (Å²) in [5.74, 6) is 1.86. The van der Waals surface area contributed by atoms with Crippen LogP contribution in [0.5, 0.6) is 11.5 Å². The molecule has 0 spiro atoms. The zero-order valence-electron chi connectivity index (χ0n) is 17.0. The second kappa shape index (κ2) is 8.27. The summed E-state index contributed by atoms with van der Waals surface area (Å²) in [5.41, 5.74) is 4.90. The van der Waals surface area contributed by atoms with Crippen molar-refractivity contribution in [2.75, 3.05) is 14.2 Å². The van der Waals surface area contributed by atoms with Gasteiger partial charge in [0.2, 0.25) is 0 Å². The van der Waals surface area contributed by atoms with Gasteiger partial charge in [-0.1, -0.05) is 54.6 Å². The minimum Gasteiger partial charge on any atom is -0.497 e. The molecule has 1 atom stereocenters. The molecule has 4 rings (SSSR count). The van der Waals surface area contributed by atoms with E-state index in [0.717, 1.165) is 17.1 Å². The Kier molecular flexibility index (Phi) is 5.39. The molecule has 0 aliphatic carbocycles. The van der Waals surface area contributed by atoms with E-state index in [9.17, 15) is 0 Å². The van der Waals surface area contributed by atoms with E-state index in [1.165, 1.54) is 22.0 Å². The van der Waals surface area contributed by atoms with Crippen molar-refractivity contribution in [3.63, 3.8) is 0 Å². The van der Waals surface area contributed by atoms with Gasteiger partial charge in [-0.3, -0.25) is 0 Å². The molecule has 0 fully saturated rings. The highest BCUT2D eigenvalue weighted by molar-refractivity contribution is 5.85. The monoisotopic (exact) mass is 383 g/mol. The molecule has 3 aromatic carbocycles. The highest BCUT2D eigenvalue weighted by Gasteiger charge is 2.17. The van der Waals surface area contributed by atoms with Gasteiger partial charge in [-0.05, 0) is 47.0 Å². The topological polar surface area (TPSA) is 23.4 Å². The Labute approximate surface area is 171 Å². The van der Waals surface area contributed by atoms with E-state index in [1.54, 1.807) is 14.2 Å². The molecule has 0 aliphatic heterocycles. The number of allylic oxidation sites excluding steroid dienone is 1. The third kappa shape index (κ3) is 3.90. The van der Waals surface area contributed by atoms with Crippen LogP contribution in [0.3, 0.4) is 0 Å². The van der Waals surface area contributed by atoms with E-state index in [0.29, 0.717) is 0 Å². The number of ether oxygens (including phenoxy) is 2. The van der Waals surface area contributed by atoms with Crippen LogP contribution in [0.1, 0.15) is 22.6 Å². The van der Waals surface area contributed by atoms with Gasteiger partial charge in [0.25, 0.3) is 0 Å². The summed E-state index contributed by atoms with van der Waals surface area (Å²) in [6.07, 6.45) is 6.68. The van der Waals surface area contributed by atoms with Crippen molar-refractivity contribution in [1.82, 2.24) is 4.57 Å². The van der Waals surface area contributed by atoms with Crippen LogP contribution in [0, 0.1) is 0 Å². The van der Waals surface area contributed by atoms with Gasteiger partial charge >= 0.3 is 0 Å². The van der Waals surface area contributed by atoms with Gasteiger partial charge < -0.3 is 14.0 Å². The fraction of sp³-hybridized carbons (Fsp3) is 0.154. The number of para-hydroxylation sites is 1. The molecule has 0 bridgehead atoms. The second-order valence-corrected chi connectivity index (χ2v) is 7.10. The predicted octanol–water partition coefficient (Wildman–Crippen LogP) is 6.04. The minimum atomic E-state index is 0.133. The van der Waals surface area contributed by atoms with Crippen LogP contribution >= 0.6 is 0 Å². The number of nitrogens with zero attached hydrogens (tertiary/aromatic N) is 1. The molecular formula is C26H25NO2. The fourth-order valence-corrected chi connectivity index (χ4v) is 3.75. The maximum absolute atomic E-state index is 5.35. The first-order valence-electron chi connectivity index (χ1n) is 9.70. The molecule has 1 aromatic heterocycles. The van der Waals surface area contributed by atoms with E-state index in [2.05, 4.69) is 78.5 Å². The van der Waals surface area contributed by atoms with Crippen LogP contribution in [0.25, 0.3) is 17.0 Å². The Morgan fingerprint density at radius 2 is 1.41 bits per heavy atom. The summed E-state index contributed by atoms with van der Waals surface area (Å²) in [6, 6.07) is 25.0. The second-order valence-electron chi connectivity index (χ2n) is 7.10.